The third-order valence-electron chi connectivity index (χ3n) is 9.04. The Labute approximate surface area is 264 Å². The topological polar surface area (TPSA) is 23.5 Å². The number of phenols is 1. The maximum atomic E-state index is 10.3. The Morgan fingerprint density at radius 3 is 1.60 bits per heavy atom. The predicted octanol–water partition coefficient (Wildman–Crippen LogP) is 10.9. The summed E-state index contributed by atoms with van der Waals surface area (Å²) in [5, 5.41) is 10.3. The normalized spacial score (nSPS) is 14.8. The number of para-hydroxylation sites is 1. The molecule has 0 fully saturated rings. The molecular weight excluding hydrogens is 546 g/mol. The second-order valence-corrected chi connectivity index (χ2v) is 11.5. The van der Waals surface area contributed by atoms with Gasteiger partial charge in [0, 0.05) is 17.1 Å². The Bertz CT molecular complexity index is 2090. The fraction of sp³-hybridized carbons (Fsp3) is 0.0233. The van der Waals surface area contributed by atoms with Crippen molar-refractivity contribution >= 4 is 17.1 Å². The molecule has 7 aromatic carbocycles. The summed E-state index contributed by atoms with van der Waals surface area (Å²) in [5.41, 5.74) is 12.3. The lowest BCUT2D eigenvalue weighted by Gasteiger charge is -2.35. The third kappa shape index (κ3) is 4.42. The molecule has 1 aliphatic carbocycles. The second kappa shape index (κ2) is 11.0. The minimum atomic E-state index is -0.559. The van der Waals surface area contributed by atoms with Gasteiger partial charge in [0.1, 0.15) is 5.75 Å². The largest absolute Gasteiger partial charge is 0.508 e. The van der Waals surface area contributed by atoms with E-state index in [1.165, 1.54) is 38.9 Å². The van der Waals surface area contributed by atoms with E-state index < -0.39 is 5.41 Å². The van der Waals surface area contributed by atoms with Gasteiger partial charge >= 0.3 is 0 Å². The molecule has 8 rings (SSSR count). The molecule has 45 heavy (non-hydrogen) atoms. The van der Waals surface area contributed by atoms with Crippen molar-refractivity contribution in [1.82, 2.24) is 0 Å². The molecule has 0 saturated heterocycles. The molecule has 0 spiro atoms. The lowest BCUT2D eigenvalue weighted by atomic mass is 9.67. The number of hydrogen-bond donors (Lipinski definition) is 1. The van der Waals surface area contributed by atoms with Gasteiger partial charge in [0.25, 0.3) is 0 Å². The van der Waals surface area contributed by atoms with E-state index >= 15 is 0 Å². The summed E-state index contributed by atoms with van der Waals surface area (Å²) in [6.07, 6.45) is 0. The first-order valence-electron chi connectivity index (χ1n) is 15.3. The maximum Gasteiger partial charge on any atom is 0.115 e. The van der Waals surface area contributed by atoms with Crippen LogP contribution in [0.1, 0.15) is 22.3 Å². The van der Waals surface area contributed by atoms with Gasteiger partial charge in [-0.1, -0.05) is 133 Å². The zero-order chi connectivity index (χ0) is 30.2. The third-order valence-corrected chi connectivity index (χ3v) is 9.04. The van der Waals surface area contributed by atoms with Gasteiger partial charge in [0.15, 0.2) is 0 Å². The van der Waals surface area contributed by atoms with Gasteiger partial charge in [-0.2, -0.15) is 0 Å². The van der Waals surface area contributed by atoms with Crippen LogP contribution in [0.25, 0.3) is 22.3 Å². The Kier molecular flexibility index (Phi) is 6.54. The number of benzene rings is 7. The van der Waals surface area contributed by atoms with Crippen molar-refractivity contribution < 1.29 is 5.11 Å². The molecule has 0 aromatic heterocycles. The molecule has 1 unspecified atom stereocenters. The van der Waals surface area contributed by atoms with E-state index in [9.17, 15) is 5.11 Å². The second-order valence-electron chi connectivity index (χ2n) is 11.5. The monoisotopic (exact) mass is 577 g/mol. The number of aromatic hydroxyl groups is 1. The lowest BCUT2D eigenvalue weighted by molar-refractivity contribution is 0.475. The van der Waals surface area contributed by atoms with Crippen molar-refractivity contribution in [3.63, 3.8) is 0 Å². The number of phenolic OH excluding ortho intramolecular Hbond substituents is 1. The number of nitrogens with zero attached hydrogens (tertiary/aromatic N) is 1. The van der Waals surface area contributed by atoms with Gasteiger partial charge in [0.2, 0.25) is 0 Å². The van der Waals surface area contributed by atoms with Gasteiger partial charge in [-0.05, 0) is 93.0 Å². The Morgan fingerprint density at radius 2 is 0.889 bits per heavy atom. The van der Waals surface area contributed by atoms with Crippen LogP contribution in [0.4, 0.5) is 17.1 Å². The minimum Gasteiger partial charge on any atom is -0.508 e. The summed E-state index contributed by atoms with van der Waals surface area (Å²) in [6.45, 7) is 0. The van der Waals surface area contributed by atoms with Crippen LogP contribution >= 0.6 is 0 Å². The lowest BCUT2D eigenvalue weighted by Crippen LogP contribution is -2.28. The molecule has 0 radical (unpaired) electrons. The van der Waals surface area contributed by atoms with Crippen LogP contribution in [0.3, 0.4) is 0 Å². The fourth-order valence-corrected chi connectivity index (χ4v) is 7.05. The summed E-state index contributed by atoms with van der Waals surface area (Å²) in [7, 11) is 0. The van der Waals surface area contributed by atoms with E-state index in [1.54, 1.807) is 12.1 Å². The van der Waals surface area contributed by atoms with Crippen molar-refractivity contribution in [3.05, 3.63) is 204 Å². The molecule has 2 heteroatoms. The molecule has 1 atom stereocenters. The maximum absolute atomic E-state index is 10.3. The quantitative estimate of drug-likeness (QED) is 0.212. The summed E-state index contributed by atoms with van der Waals surface area (Å²) in [5.74, 6) is 0.261. The number of anilines is 3. The van der Waals surface area contributed by atoms with Crippen LogP contribution in [-0.4, -0.2) is 5.11 Å². The SMILES string of the molecule is Oc1ccc(C2(c3ccccc3)c3ccccc3-c3ccc(N(c4ccccc4)c4ccc(-c5ccccc5)cc4)cc32)cc1. The van der Waals surface area contributed by atoms with Gasteiger partial charge in [-0.25, -0.2) is 0 Å². The molecular formula is C43H31NO. The van der Waals surface area contributed by atoms with Crippen LogP contribution in [0.5, 0.6) is 5.75 Å². The van der Waals surface area contributed by atoms with Crippen LogP contribution in [0.2, 0.25) is 0 Å². The molecule has 0 amide bonds. The molecule has 1 N–H and O–H groups in total. The van der Waals surface area contributed by atoms with Crippen molar-refractivity contribution in [1.29, 1.82) is 0 Å². The average molecular weight is 578 g/mol. The average Bonchev–Trinajstić information content (AvgIpc) is 3.41. The van der Waals surface area contributed by atoms with Crippen LogP contribution < -0.4 is 4.90 Å². The Hall–Kier alpha value is -5.86. The Morgan fingerprint density at radius 1 is 0.378 bits per heavy atom. The zero-order valence-electron chi connectivity index (χ0n) is 24.7. The molecule has 1 aliphatic rings. The van der Waals surface area contributed by atoms with Gasteiger partial charge in [0.05, 0.1) is 5.41 Å². The predicted molar refractivity (Wildman–Crippen MR) is 186 cm³/mol. The van der Waals surface area contributed by atoms with Crippen LogP contribution in [0, 0.1) is 0 Å². The van der Waals surface area contributed by atoms with Crippen LogP contribution in [-0.2, 0) is 5.41 Å². The summed E-state index contributed by atoms with van der Waals surface area (Å²) < 4.78 is 0. The summed E-state index contributed by atoms with van der Waals surface area (Å²) in [4.78, 5) is 2.34. The van der Waals surface area contributed by atoms with Gasteiger partial charge in [-0.15, -0.1) is 0 Å². The zero-order valence-corrected chi connectivity index (χ0v) is 24.7. The number of rotatable bonds is 6. The summed E-state index contributed by atoms with van der Waals surface area (Å²) in [6, 6.07) is 64.0. The first-order chi connectivity index (χ1) is 22.2. The highest BCUT2D eigenvalue weighted by Crippen LogP contribution is 2.57. The standard InChI is InChI=1S/C43H31NO/c45-38-27-22-34(23-28-38)43(33-14-6-2-7-15-33)41-19-11-10-18-39(41)40-29-26-37(30-42(40)43)44(35-16-8-3-9-17-35)36-24-20-32(21-25-36)31-12-4-1-5-13-31/h1-30,45H. The number of fused-ring (bicyclic) bond motifs is 3. The van der Waals surface area contributed by atoms with Crippen molar-refractivity contribution in [2.75, 3.05) is 4.90 Å². The first-order valence-corrected chi connectivity index (χ1v) is 15.3. The van der Waals surface area contributed by atoms with Gasteiger partial charge < -0.3 is 10.0 Å². The van der Waals surface area contributed by atoms with Crippen molar-refractivity contribution in [2.45, 2.75) is 5.41 Å². The van der Waals surface area contributed by atoms with Gasteiger partial charge in [-0.3, -0.25) is 0 Å². The van der Waals surface area contributed by atoms with Crippen LogP contribution in [0.15, 0.2) is 182 Å². The van der Waals surface area contributed by atoms with E-state index in [-0.39, 0.29) is 5.75 Å². The van der Waals surface area contributed by atoms with E-state index in [0.717, 1.165) is 22.6 Å². The molecule has 214 valence electrons. The molecule has 0 heterocycles. The van der Waals surface area contributed by atoms with Crippen molar-refractivity contribution in [3.8, 4) is 28.0 Å². The fourth-order valence-electron chi connectivity index (χ4n) is 7.05. The highest BCUT2D eigenvalue weighted by Gasteiger charge is 2.46. The highest BCUT2D eigenvalue weighted by atomic mass is 16.3. The number of hydrogen-bond acceptors (Lipinski definition) is 2. The molecule has 0 aliphatic heterocycles. The molecule has 0 bridgehead atoms. The minimum absolute atomic E-state index is 0.261. The van der Waals surface area contributed by atoms with E-state index in [4.69, 9.17) is 0 Å². The smallest absolute Gasteiger partial charge is 0.115 e. The summed E-state index contributed by atoms with van der Waals surface area (Å²) >= 11 is 0. The first kappa shape index (κ1) is 26.7. The van der Waals surface area contributed by atoms with E-state index in [0.29, 0.717) is 0 Å². The van der Waals surface area contributed by atoms with E-state index in [2.05, 4.69) is 175 Å². The van der Waals surface area contributed by atoms with E-state index in [1.807, 2.05) is 0 Å². The van der Waals surface area contributed by atoms with Crippen molar-refractivity contribution in [2.24, 2.45) is 0 Å². The molecule has 0 saturated carbocycles. The molecule has 2 nitrogen and oxygen atoms in total. The Balaban J connectivity index is 1.36. The highest BCUT2D eigenvalue weighted by molar-refractivity contribution is 5.89. The molecule has 7 aromatic rings.